The molecule has 0 unspecified atom stereocenters. The first-order valence-electron chi connectivity index (χ1n) is 7.86. The van der Waals surface area contributed by atoms with Crippen molar-refractivity contribution in [2.24, 2.45) is 5.92 Å². The maximum Gasteiger partial charge on any atom is 0.183 e. The van der Waals surface area contributed by atoms with Gasteiger partial charge in [-0.15, -0.1) is 0 Å². The fraction of sp³-hybridized carbons (Fsp3) is 0.647. The average molecular weight is 292 g/mol. The molecule has 0 aromatic heterocycles. The Labute approximate surface area is 128 Å². The second-order valence-electron chi connectivity index (χ2n) is 6.05. The van der Waals surface area contributed by atoms with Gasteiger partial charge < -0.3 is 20.1 Å². The Kier molecular flexibility index (Phi) is 5.74. The maximum absolute atomic E-state index is 6.02. The van der Waals surface area contributed by atoms with Crippen LogP contribution in [0.25, 0.3) is 0 Å². The topological polar surface area (TPSA) is 47.7 Å². The molecule has 118 valence electrons. The van der Waals surface area contributed by atoms with Crippen LogP contribution in [0.1, 0.15) is 31.7 Å². The summed E-state index contributed by atoms with van der Waals surface area (Å²) >= 11 is 0. The van der Waals surface area contributed by atoms with E-state index in [0.29, 0.717) is 11.4 Å². The number of piperidine rings is 1. The van der Waals surface area contributed by atoms with E-state index in [-0.39, 0.29) is 0 Å². The zero-order chi connectivity index (χ0) is 15.2. The molecule has 0 bridgehead atoms. The summed E-state index contributed by atoms with van der Waals surface area (Å²) < 4.78 is 10.6. The van der Waals surface area contributed by atoms with E-state index in [0.717, 1.165) is 24.5 Å². The third-order valence-corrected chi connectivity index (χ3v) is 4.38. The summed E-state index contributed by atoms with van der Waals surface area (Å²) in [6, 6.07) is 4.03. The number of hydrogen-bond acceptors (Lipinski definition) is 4. The molecule has 4 nitrogen and oxygen atoms in total. The molecule has 21 heavy (non-hydrogen) atoms. The van der Waals surface area contributed by atoms with Crippen LogP contribution in [0.5, 0.6) is 11.5 Å². The Bertz CT molecular complexity index is 454. The molecule has 1 aromatic carbocycles. The van der Waals surface area contributed by atoms with E-state index in [4.69, 9.17) is 15.2 Å². The van der Waals surface area contributed by atoms with Crippen LogP contribution in [0.15, 0.2) is 12.1 Å². The van der Waals surface area contributed by atoms with Crippen molar-refractivity contribution in [3.63, 3.8) is 0 Å². The van der Waals surface area contributed by atoms with Crippen LogP contribution in [0.4, 0.5) is 5.69 Å². The van der Waals surface area contributed by atoms with Crippen molar-refractivity contribution in [1.29, 1.82) is 0 Å². The van der Waals surface area contributed by atoms with E-state index in [1.165, 1.54) is 38.0 Å². The number of nitrogens with zero attached hydrogens (tertiary/aromatic N) is 1. The number of benzene rings is 1. The van der Waals surface area contributed by atoms with E-state index in [9.17, 15) is 0 Å². The number of methoxy groups -OCH3 is 2. The first kappa shape index (κ1) is 16.0. The van der Waals surface area contributed by atoms with E-state index < -0.39 is 0 Å². The van der Waals surface area contributed by atoms with Crippen molar-refractivity contribution in [2.75, 3.05) is 39.6 Å². The highest BCUT2D eigenvalue weighted by Gasteiger charge is 2.15. The van der Waals surface area contributed by atoms with Gasteiger partial charge in [0.1, 0.15) is 0 Å². The normalized spacial score (nSPS) is 16.9. The Morgan fingerprint density at radius 2 is 1.90 bits per heavy atom. The van der Waals surface area contributed by atoms with Gasteiger partial charge >= 0.3 is 0 Å². The summed E-state index contributed by atoms with van der Waals surface area (Å²) in [7, 11) is 3.27. The molecule has 0 atom stereocenters. The van der Waals surface area contributed by atoms with Gasteiger partial charge in [-0.3, -0.25) is 0 Å². The first-order valence-corrected chi connectivity index (χ1v) is 7.86. The average Bonchev–Trinajstić information content (AvgIpc) is 2.48. The Morgan fingerprint density at radius 1 is 1.19 bits per heavy atom. The van der Waals surface area contributed by atoms with Crippen molar-refractivity contribution < 1.29 is 9.47 Å². The molecule has 2 rings (SSSR count). The van der Waals surface area contributed by atoms with Gasteiger partial charge in [0.2, 0.25) is 0 Å². The van der Waals surface area contributed by atoms with Crippen LogP contribution in [0, 0.1) is 5.92 Å². The summed E-state index contributed by atoms with van der Waals surface area (Å²) in [4.78, 5) is 2.57. The van der Waals surface area contributed by atoms with Crippen LogP contribution < -0.4 is 15.2 Å². The number of likely N-dealkylation sites (tertiary alicyclic amines) is 1. The highest BCUT2D eigenvalue weighted by Crippen LogP contribution is 2.34. The Hall–Kier alpha value is -1.42. The minimum Gasteiger partial charge on any atom is -0.493 e. The minimum atomic E-state index is 0.631. The summed E-state index contributed by atoms with van der Waals surface area (Å²) in [5.74, 6) is 2.25. The quantitative estimate of drug-likeness (QED) is 0.819. The number of nitrogens with two attached hydrogens (primary N) is 1. The maximum atomic E-state index is 6.02. The molecule has 1 heterocycles. The van der Waals surface area contributed by atoms with Crippen molar-refractivity contribution in [3.05, 3.63) is 17.7 Å². The summed E-state index contributed by atoms with van der Waals surface area (Å²) in [6.07, 6.45) is 4.85. The minimum absolute atomic E-state index is 0.631. The van der Waals surface area contributed by atoms with Gasteiger partial charge in [-0.05, 0) is 68.9 Å². The second-order valence-corrected chi connectivity index (χ2v) is 6.05. The van der Waals surface area contributed by atoms with Crippen molar-refractivity contribution >= 4 is 5.69 Å². The zero-order valence-corrected chi connectivity index (χ0v) is 13.5. The summed E-state index contributed by atoms with van der Waals surface area (Å²) in [6.45, 7) is 6.01. The predicted molar refractivity (Wildman–Crippen MR) is 87.1 cm³/mol. The molecular weight excluding hydrogens is 264 g/mol. The molecule has 2 N–H and O–H groups in total. The second kappa shape index (κ2) is 7.55. The van der Waals surface area contributed by atoms with Crippen molar-refractivity contribution in [1.82, 2.24) is 4.90 Å². The largest absolute Gasteiger partial charge is 0.493 e. The highest BCUT2D eigenvalue weighted by molar-refractivity contribution is 5.62. The van der Waals surface area contributed by atoms with E-state index in [2.05, 4.69) is 11.8 Å². The highest BCUT2D eigenvalue weighted by atomic mass is 16.5. The molecule has 1 aliphatic heterocycles. The number of nitrogen functional groups attached to an aromatic ring is 1. The lowest BCUT2D eigenvalue weighted by Gasteiger charge is -2.30. The first-order chi connectivity index (χ1) is 10.1. The molecule has 0 saturated carbocycles. The van der Waals surface area contributed by atoms with E-state index >= 15 is 0 Å². The smallest absolute Gasteiger partial charge is 0.183 e. The number of aryl methyl sites for hydroxylation is 1. The number of ether oxygens (including phenoxy) is 2. The third kappa shape index (κ3) is 4.27. The van der Waals surface area contributed by atoms with Crippen LogP contribution in [-0.2, 0) is 6.42 Å². The number of anilines is 1. The Balaban J connectivity index is 1.87. The number of rotatable bonds is 6. The van der Waals surface area contributed by atoms with Crippen molar-refractivity contribution in [3.8, 4) is 11.5 Å². The molecule has 1 aliphatic rings. The van der Waals surface area contributed by atoms with Crippen LogP contribution in [0.2, 0.25) is 0 Å². The van der Waals surface area contributed by atoms with E-state index in [1.54, 1.807) is 14.2 Å². The standard InChI is InChI=1S/C17H28N2O2/c1-13-6-9-19(10-7-13)8-4-5-14-11-15(18)17(21-3)16(12-14)20-2/h11-13H,4-10,18H2,1-3H3. The zero-order valence-electron chi connectivity index (χ0n) is 13.5. The monoisotopic (exact) mass is 292 g/mol. The van der Waals surface area contributed by atoms with Crippen molar-refractivity contribution in [2.45, 2.75) is 32.6 Å². The van der Waals surface area contributed by atoms with Gasteiger partial charge in [0.25, 0.3) is 0 Å². The van der Waals surface area contributed by atoms with Gasteiger partial charge in [-0.25, -0.2) is 0 Å². The van der Waals surface area contributed by atoms with Gasteiger partial charge in [-0.1, -0.05) is 6.92 Å². The summed E-state index contributed by atoms with van der Waals surface area (Å²) in [5.41, 5.74) is 7.89. The predicted octanol–water partition coefficient (Wildman–Crippen LogP) is 2.95. The van der Waals surface area contributed by atoms with Crippen LogP contribution in [-0.4, -0.2) is 38.8 Å². The van der Waals surface area contributed by atoms with Gasteiger partial charge in [0.05, 0.1) is 19.9 Å². The molecular formula is C17H28N2O2. The molecule has 4 heteroatoms. The lowest BCUT2D eigenvalue weighted by atomic mass is 9.99. The molecule has 1 saturated heterocycles. The molecule has 0 aliphatic carbocycles. The lowest BCUT2D eigenvalue weighted by molar-refractivity contribution is 0.191. The molecule has 0 amide bonds. The van der Waals surface area contributed by atoms with Crippen LogP contribution in [0.3, 0.4) is 0 Å². The molecule has 1 aromatic rings. The molecule has 0 radical (unpaired) electrons. The fourth-order valence-corrected chi connectivity index (χ4v) is 2.99. The van der Waals surface area contributed by atoms with E-state index in [1.807, 2.05) is 12.1 Å². The van der Waals surface area contributed by atoms with Gasteiger partial charge in [-0.2, -0.15) is 0 Å². The van der Waals surface area contributed by atoms with Gasteiger partial charge in [0, 0.05) is 0 Å². The summed E-state index contributed by atoms with van der Waals surface area (Å²) in [5, 5.41) is 0. The SMILES string of the molecule is COc1cc(CCCN2CCC(C)CC2)cc(N)c1OC. The molecule has 1 fully saturated rings. The lowest BCUT2D eigenvalue weighted by Crippen LogP contribution is -2.33. The van der Waals surface area contributed by atoms with Gasteiger partial charge in [0.15, 0.2) is 11.5 Å². The molecule has 0 spiro atoms. The Morgan fingerprint density at radius 3 is 2.52 bits per heavy atom. The number of hydrogen-bond donors (Lipinski definition) is 1. The fourth-order valence-electron chi connectivity index (χ4n) is 2.99. The third-order valence-electron chi connectivity index (χ3n) is 4.38. The van der Waals surface area contributed by atoms with Crippen LogP contribution >= 0.6 is 0 Å².